The predicted octanol–water partition coefficient (Wildman–Crippen LogP) is 2.79. The van der Waals surface area contributed by atoms with Gasteiger partial charge in [0.15, 0.2) is 0 Å². The Morgan fingerprint density at radius 3 is 2.55 bits per heavy atom. The minimum absolute atomic E-state index is 0.00856. The number of halogens is 1. The Labute approximate surface area is 125 Å². The molecule has 114 valence electrons. The molecule has 0 aromatic carbocycles. The van der Waals surface area contributed by atoms with Crippen molar-refractivity contribution in [1.29, 1.82) is 0 Å². The largest absolute Gasteiger partial charge is 0.461 e. The molecule has 0 unspecified atom stereocenters. The van der Waals surface area contributed by atoms with Crippen LogP contribution < -0.4 is 10.1 Å². The molecule has 0 aliphatic carbocycles. The average Bonchev–Trinajstić information content (AvgIpc) is 2.31. The molecule has 0 atom stereocenters. The standard InChI is InChI=1S/C13H23ClN4O2/c1-9(2)8-19-7-5-6-15-12-16-11(14)17-13(18-12)20-10(3)4/h9-10H,5-8H2,1-4H3,(H,15,16,17,18). The van der Waals surface area contributed by atoms with Crippen molar-refractivity contribution < 1.29 is 9.47 Å². The molecule has 0 aliphatic rings. The van der Waals surface area contributed by atoms with Crippen LogP contribution in [0, 0.1) is 5.92 Å². The summed E-state index contributed by atoms with van der Waals surface area (Å²) in [6, 6.07) is 0.235. The molecule has 1 aromatic heterocycles. The number of hydrogen-bond acceptors (Lipinski definition) is 6. The highest BCUT2D eigenvalue weighted by molar-refractivity contribution is 6.28. The molecule has 1 aromatic rings. The number of nitrogens with zero attached hydrogens (tertiary/aromatic N) is 3. The van der Waals surface area contributed by atoms with Gasteiger partial charge in [-0.3, -0.25) is 0 Å². The normalized spacial score (nSPS) is 11.2. The fourth-order valence-electron chi connectivity index (χ4n) is 1.37. The summed E-state index contributed by atoms with van der Waals surface area (Å²) in [6.45, 7) is 10.2. The van der Waals surface area contributed by atoms with Crippen LogP contribution in [0.4, 0.5) is 5.95 Å². The molecule has 0 saturated heterocycles. The number of ether oxygens (including phenoxy) is 2. The van der Waals surface area contributed by atoms with E-state index in [1.807, 2.05) is 13.8 Å². The number of rotatable bonds is 9. The van der Waals surface area contributed by atoms with E-state index in [2.05, 4.69) is 34.1 Å². The Balaban J connectivity index is 2.34. The minimum Gasteiger partial charge on any atom is -0.461 e. The molecule has 1 N–H and O–H groups in total. The highest BCUT2D eigenvalue weighted by atomic mass is 35.5. The van der Waals surface area contributed by atoms with Crippen LogP contribution in [0.2, 0.25) is 5.28 Å². The lowest BCUT2D eigenvalue weighted by Gasteiger charge is -2.10. The lowest BCUT2D eigenvalue weighted by atomic mass is 10.2. The molecule has 1 heterocycles. The second-order valence-electron chi connectivity index (χ2n) is 5.13. The molecule has 7 heteroatoms. The summed E-state index contributed by atoms with van der Waals surface area (Å²) < 4.78 is 10.9. The van der Waals surface area contributed by atoms with Crippen LogP contribution in [0.15, 0.2) is 0 Å². The van der Waals surface area contributed by atoms with Gasteiger partial charge < -0.3 is 14.8 Å². The molecule has 0 spiro atoms. The number of nitrogens with one attached hydrogen (secondary N) is 1. The van der Waals surface area contributed by atoms with Crippen molar-refractivity contribution in [3.8, 4) is 6.01 Å². The third-order valence-corrected chi connectivity index (χ3v) is 2.30. The first-order valence-electron chi connectivity index (χ1n) is 6.87. The maximum atomic E-state index is 5.82. The van der Waals surface area contributed by atoms with Crippen LogP contribution >= 0.6 is 11.6 Å². The molecule has 0 saturated carbocycles. The first kappa shape index (κ1) is 16.9. The molecule has 0 bridgehead atoms. The fraction of sp³-hybridized carbons (Fsp3) is 0.769. The van der Waals surface area contributed by atoms with Gasteiger partial charge in [-0.05, 0) is 37.8 Å². The summed E-state index contributed by atoms with van der Waals surface area (Å²) in [4.78, 5) is 12.0. The van der Waals surface area contributed by atoms with E-state index in [9.17, 15) is 0 Å². The van der Waals surface area contributed by atoms with E-state index in [1.54, 1.807) is 0 Å². The molecule has 0 amide bonds. The minimum atomic E-state index is -0.00856. The van der Waals surface area contributed by atoms with Crippen LogP contribution in [-0.2, 0) is 4.74 Å². The van der Waals surface area contributed by atoms with Crippen molar-refractivity contribution in [3.63, 3.8) is 0 Å². The van der Waals surface area contributed by atoms with Crippen LogP contribution in [0.25, 0.3) is 0 Å². The maximum absolute atomic E-state index is 5.82. The van der Waals surface area contributed by atoms with Crippen molar-refractivity contribution in [2.24, 2.45) is 5.92 Å². The molecule has 0 aliphatic heterocycles. The average molecular weight is 303 g/mol. The SMILES string of the molecule is CC(C)COCCCNc1nc(Cl)nc(OC(C)C)n1. The van der Waals surface area contributed by atoms with Gasteiger partial charge in [0.1, 0.15) is 0 Å². The van der Waals surface area contributed by atoms with Crippen LogP contribution in [0.1, 0.15) is 34.1 Å². The van der Waals surface area contributed by atoms with Gasteiger partial charge >= 0.3 is 6.01 Å². The van der Waals surface area contributed by atoms with Gasteiger partial charge in [0.25, 0.3) is 0 Å². The van der Waals surface area contributed by atoms with E-state index >= 15 is 0 Å². The molecule has 20 heavy (non-hydrogen) atoms. The second-order valence-corrected chi connectivity index (χ2v) is 5.46. The Morgan fingerprint density at radius 2 is 1.90 bits per heavy atom. The van der Waals surface area contributed by atoms with Crippen molar-refractivity contribution in [2.75, 3.05) is 25.1 Å². The van der Waals surface area contributed by atoms with Gasteiger partial charge in [-0.15, -0.1) is 0 Å². The fourth-order valence-corrected chi connectivity index (χ4v) is 1.52. The Bertz CT molecular complexity index is 402. The number of anilines is 1. The topological polar surface area (TPSA) is 69.2 Å². The third-order valence-electron chi connectivity index (χ3n) is 2.13. The van der Waals surface area contributed by atoms with Crippen molar-refractivity contribution in [3.05, 3.63) is 5.28 Å². The Kier molecular flexibility index (Phi) is 7.54. The molecule has 6 nitrogen and oxygen atoms in total. The lowest BCUT2D eigenvalue weighted by molar-refractivity contribution is 0.110. The monoisotopic (exact) mass is 302 g/mol. The van der Waals surface area contributed by atoms with E-state index in [1.165, 1.54) is 0 Å². The summed E-state index contributed by atoms with van der Waals surface area (Å²) in [7, 11) is 0. The molecular formula is C13H23ClN4O2. The van der Waals surface area contributed by atoms with Gasteiger partial charge in [0.2, 0.25) is 11.2 Å². The lowest BCUT2D eigenvalue weighted by Crippen LogP contribution is -2.13. The zero-order chi connectivity index (χ0) is 15.0. The van der Waals surface area contributed by atoms with Gasteiger partial charge in [0, 0.05) is 19.8 Å². The van der Waals surface area contributed by atoms with Gasteiger partial charge in [-0.1, -0.05) is 13.8 Å². The quantitative estimate of drug-likeness (QED) is 0.707. The highest BCUT2D eigenvalue weighted by Crippen LogP contribution is 2.12. The Morgan fingerprint density at radius 1 is 1.15 bits per heavy atom. The van der Waals surface area contributed by atoms with Crippen molar-refractivity contribution >= 4 is 17.5 Å². The Hall–Kier alpha value is -1.14. The van der Waals surface area contributed by atoms with E-state index in [0.717, 1.165) is 13.0 Å². The van der Waals surface area contributed by atoms with Gasteiger partial charge in [-0.25, -0.2) is 0 Å². The van der Waals surface area contributed by atoms with E-state index < -0.39 is 0 Å². The summed E-state index contributed by atoms with van der Waals surface area (Å²) in [6.07, 6.45) is 0.863. The van der Waals surface area contributed by atoms with Gasteiger partial charge in [0.05, 0.1) is 6.10 Å². The predicted molar refractivity (Wildman–Crippen MR) is 79.4 cm³/mol. The molecular weight excluding hydrogens is 280 g/mol. The van der Waals surface area contributed by atoms with Gasteiger partial charge in [-0.2, -0.15) is 15.0 Å². The van der Waals surface area contributed by atoms with E-state index in [-0.39, 0.29) is 17.4 Å². The molecule has 1 rings (SSSR count). The van der Waals surface area contributed by atoms with Crippen molar-refractivity contribution in [1.82, 2.24) is 15.0 Å². The zero-order valence-electron chi connectivity index (χ0n) is 12.5. The number of hydrogen-bond donors (Lipinski definition) is 1. The van der Waals surface area contributed by atoms with Crippen LogP contribution in [0.5, 0.6) is 6.01 Å². The second kappa shape index (κ2) is 8.92. The van der Waals surface area contributed by atoms with Crippen LogP contribution in [0.3, 0.4) is 0 Å². The van der Waals surface area contributed by atoms with E-state index in [0.29, 0.717) is 25.0 Å². The summed E-state index contributed by atoms with van der Waals surface area (Å²) in [5.74, 6) is 0.977. The summed E-state index contributed by atoms with van der Waals surface area (Å²) in [5, 5.41) is 3.20. The van der Waals surface area contributed by atoms with E-state index in [4.69, 9.17) is 21.1 Å². The zero-order valence-corrected chi connectivity index (χ0v) is 13.3. The number of aromatic nitrogens is 3. The maximum Gasteiger partial charge on any atom is 0.322 e. The third kappa shape index (κ3) is 7.45. The summed E-state index contributed by atoms with van der Waals surface area (Å²) in [5.41, 5.74) is 0. The smallest absolute Gasteiger partial charge is 0.322 e. The molecule has 0 fully saturated rings. The highest BCUT2D eigenvalue weighted by Gasteiger charge is 2.07. The molecule has 0 radical (unpaired) electrons. The first-order chi connectivity index (χ1) is 9.47. The van der Waals surface area contributed by atoms with Crippen molar-refractivity contribution in [2.45, 2.75) is 40.2 Å². The first-order valence-corrected chi connectivity index (χ1v) is 7.25. The van der Waals surface area contributed by atoms with Crippen LogP contribution in [-0.4, -0.2) is 40.8 Å². The summed E-state index contributed by atoms with van der Waals surface area (Å²) >= 11 is 5.82.